The molecule has 4 rings (SSSR count). The van der Waals surface area contributed by atoms with Gasteiger partial charge in [-0.15, -0.1) is 0 Å². The van der Waals surface area contributed by atoms with E-state index in [2.05, 4.69) is 26.3 Å². The minimum absolute atomic E-state index is 0.287. The highest BCUT2D eigenvalue weighted by atomic mass is 79.9. The van der Waals surface area contributed by atoms with Gasteiger partial charge in [-0.3, -0.25) is 0 Å². The van der Waals surface area contributed by atoms with Crippen LogP contribution in [-0.2, 0) is 6.18 Å². The molecule has 0 aliphatic carbocycles. The fourth-order valence-corrected chi connectivity index (χ4v) is 3.49. The molecule has 32 heavy (non-hydrogen) atoms. The SMILES string of the molecule is NC(=O)Nc1ccc(-n2nc(C(F)(F)F)cc2-c2ccc(-c3ccc(Br)cc3)cc2)cc1. The van der Waals surface area contributed by atoms with Crippen molar-refractivity contribution in [2.75, 3.05) is 5.32 Å². The van der Waals surface area contributed by atoms with Crippen molar-refractivity contribution in [3.05, 3.63) is 89.0 Å². The highest BCUT2D eigenvalue weighted by molar-refractivity contribution is 9.10. The Kier molecular flexibility index (Phi) is 5.75. The Morgan fingerprint density at radius 3 is 1.94 bits per heavy atom. The van der Waals surface area contributed by atoms with E-state index >= 15 is 0 Å². The normalized spacial score (nSPS) is 11.4. The van der Waals surface area contributed by atoms with Crippen LogP contribution in [0.15, 0.2) is 83.3 Å². The maximum absolute atomic E-state index is 13.4. The van der Waals surface area contributed by atoms with Crippen LogP contribution in [0.4, 0.5) is 23.7 Å². The molecule has 0 saturated heterocycles. The lowest BCUT2D eigenvalue weighted by molar-refractivity contribution is -0.141. The number of nitrogens with one attached hydrogen (secondary N) is 1. The maximum atomic E-state index is 13.4. The number of anilines is 1. The molecule has 3 N–H and O–H groups in total. The monoisotopic (exact) mass is 500 g/mol. The van der Waals surface area contributed by atoms with Gasteiger partial charge in [0.1, 0.15) is 0 Å². The van der Waals surface area contributed by atoms with Crippen LogP contribution < -0.4 is 11.1 Å². The zero-order chi connectivity index (χ0) is 22.9. The number of carbonyl (C=O) groups excluding carboxylic acids is 1. The largest absolute Gasteiger partial charge is 0.435 e. The molecule has 0 radical (unpaired) electrons. The number of alkyl halides is 3. The van der Waals surface area contributed by atoms with Gasteiger partial charge >= 0.3 is 12.2 Å². The van der Waals surface area contributed by atoms with Crippen molar-refractivity contribution in [3.63, 3.8) is 0 Å². The highest BCUT2D eigenvalue weighted by Gasteiger charge is 2.35. The molecular formula is C23H16BrF3N4O. The highest BCUT2D eigenvalue weighted by Crippen LogP contribution is 2.34. The Balaban J connectivity index is 1.74. The van der Waals surface area contributed by atoms with Crippen LogP contribution in [0.25, 0.3) is 28.1 Å². The van der Waals surface area contributed by atoms with Crippen molar-refractivity contribution in [1.82, 2.24) is 9.78 Å². The number of benzene rings is 3. The summed E-state index contributed by atoms with van der Waals surface area (Å²) in [5, 5.41) is 6.19. The van der Waals surface area contributed by atoms with Gasteiger partial charge in [-0.2, -0.15) is 18.3 Å². The summed E-state index contributed by atoms with van der Waals surface area (Å²) in [6.07, 6.45) is -4.59. The number of carbonyl (C=O) groups is 1. The predicted molar refractivity (Wildman–Crippen MR) is 120 cm³/mol. The fourth-order valence-electron chi connectivity index (χ4n) is 3.23. The Morgan fingerprint density at radius 2 is 1.41 bits per heavy atom. The van der Waals surface area contributed by atoms with Crippen LogP contribution >= 0.6 is 15.9 Å². The van der Waals surface area contributed by atoms with Gasteiger partial charge in [0.05, 0.1) is 11.4 Å². The average Bonchev–Trinajstić information content (AvgIpc) is 3.21. The molecule has 2 amide bonds. The van der Waals surface area contributed by atoms with E-state index in [1.54, 1.807) is 24.3 Å². The quantitative estimate of drug-likeness (QED) is 0.336. The van der Waals surface area contributed by atoms with Gasteiger partial charge in [-0.25, -0.2) is 9.48 Å². The van der Waals surface area contributed by atoms with Crippen molar-refractivity contribution in [1.29, 1.82) is 0 Å². The molecule has 9 heteroatoms. The standard InChI is InChI=1S/C23H16BrF3N4O/c24-17-7-5-15(6-8-17)14-1-3-16(4-2-14)20-13-21(23(25,26)27)30-31(20)19-11-9-18(10-12-19)29-22(28)32/h1-13H,(H3,28,29,32). The number of nitrogens with two attached hydrogens (primary N) is 1. The van der Waals surface area contributed by atoms with Crippen molar-refractivity contribution in [2.24, 2.45) is 5.73 Å². The van der Waals surface area contributed by atoms with Gasteiger partial charge in [-0.1, -0.05) is 52.3 Å². The van der Waals surface area contributed by atoms with E-state index in [9.17, 15) is 18.0 Å². The molecule has 1 heterocycles. The molecule has 0 saturated carbocycles. The van der Waals surface area contributed by atoms with Crippen molar-refractivity contribution < 1.29 is 18.0 Å². The van der Waals surface area contributed by atoms with Crippen LogP contribution in [0.2, 0.25) is 0 Å². The lowest BCUT2D eigenvalue weighted by Gasteiger charge is -2.10. The molecule has 0 atom stereocenters. The van der Waals surface area contributed by atoms with Crippen LogP contribution in [0.1, 0.15) is 5.69 Å². The number of rotatable bonds is 4. The first-order chi connectivity index (χ1) is 15.2. The summed E-state index contributed by atoms with van der Waals surface area (Å²) in [4.78, 5) is 11.0. The summed E-state index contributed by atoms with van der Waals surface area (Å²) in [6.45, 7) is 0. The number of hydrogen-bond donors (Lipinski definition) is 2. The fraction of sp³-hybridized carbons (Fsp3) is 0.0435. The molecular weight excluding hydrogens is 485 g/mol. The van der Waals surface area contributed by atoms with E-state index in [0.29, 0.717) is 16.9 Å². The van der Waals surface area contributed by atoms with Crippen molar-refractivity contribution >= 4 is 27.6 Å². The first kappa shape index (κ1) is 21.6. The van der Waals surface area contributed by atoms with Crippen LogP contribution in [-0.4, -0.2) is 15.8 Å². The van der Waals surface area contributed by atoms with Crippen molar-refractivity contribution in [3.8, 4) is 28.1 Å². The van der Waals surface area contributed by atoms with Crippen LogP contribution in [0, 0.1) is 0 Å². The molecule has 0 unspecified atom stereocenters. The number of amides is 2. The number of aromatic nitrogens is 2. The topological polar surface area (TPSA) is 72.9 Å². The Labute approximate surface area is 189 Å². The summed E-state index contributed by atoms with van der Waals surface area (Å²) >= 11 is 3.40. The molecule has 0 fully saturated rings. The minimum Gasteiger partial charge on any atom is -0.351 e. The zero-order valence-corrected chi connectivity index (χ0v) is 18.0. The maximum Gasteiger partial charge on any atom is 0.435 e. The summed E-state index contributed by atoms with van der Waals surface area (Å²) in [5.41, 5.74) is 7.71. The third kappa shape index (κ3) is 4.67. The summed E-state index contributed by atoms with van der Waals surface area (Å²) < 4.78 is 42.4. The van der Waals surface area contributed by atoms with Gasteiger partial charge in [-0.05, 0) is 53.6 Å². The summed E-state index contributed by atoms with van der Waals surface area (Å²) in [7, 11) is 0. The second kappa shape index (κ2) is 8.51. The second-order valence-corrected chi connectivity index (χ2v) is 7.86. The second-order valence-electron chi connectivity index (χ2n) is 6.94. The Morgan fingerprint density at radius 1 is 0.875 bits per heavy atom. The molecule has 3 aromatic carbocycles. The molecule has 0 aliphatic heterocycles. The van der Waals surface area contributed by atoms with Crippen LogP contribution in [0.5, 0.6) is 0 Å². The lowest BCUT2D eigenvalue weighted by Crippen LogP contribution is -2.19. The number of urea groups is 1. The van der Waals surface area contributed by atoms with Crippen molar-refractivity contribution in [2.45, 2.75) is 6.18 Å². The third-order valence-corrected chi connectivity index (χ3v) is 5.27. The van der Waals surface area contributed by atoms with Gasteiger partial charge in [0, 0.05) is 15.7 Å². The predicted octanol–water partition coefficient (Wildman–Crippen LogP) is 6.48. The van der Waals surface area contributed by atoms with Gasteiger partial charge in [0.15, 0.2) is 5.69 Å². The lowest BCUT2D eigenvalue weighted by atomic mass is 10.0. The van der Waals surface area contributed by atoms with E-state index in [1.807, 2.05) is 36.4 Å². The zero-order valence-electron chi connectivity index (χ0n) is 16.4. The smallest absolute Gasteiger partial charge is 0.351 e. The molecule has 0 spiro atoms. The first-order valence-corrected chi connectivity index (χ1v) is 10.2. The number of halogens is 4. The molecule has 0 bridgehead atoms. The van der Waals surface area contributed by atoms with E-state index in [4.69, 9.17) is 5.73 Å². The molecule has 1 aromatic heterocycles. The minimum atomic E-state index is -4.59. The molecule has 162 valence electrons. The van der Waals surface area contributed by atoms with Gasteiger partial charge in [0.2, 0.25) is 0 Å². The van der Waals surface area contributed by atoms with E-state index in [0.717, 1.165) is 21.7 Å². The van der Waals surface area contributed by atoms with Gasteiger partial charge < -0.3 is 11.1 Å². The summed E-state index contributed by atoms with van der Waals surface area (Å²) in [6, 6.07) is 21.4. The number of hydrogen-bond acceptors (Lipinski definition) is 2. The van der Waals surface area contributed by atoms with Crippen LogP contribution in [0.3, 0.4) is 0 Å². The third-order valence-electron chi connectivity index (χ3n) is 4.74. The Bertz CT molecular complexity index is 1250. The number of primary amides is 1. The summed E-state index contributed by atoms with van der Waals surface area (Å²) in [5.74, 6) is 0. The average molecular weight is 501 g/mol. The Hall–Kier alpha value is -3.59. The molecule has 5 nitrogen and oxygen atoms in total. The van der Waals surface area contributed by atoms with E-state index in [-0.39, 0.29) is 5.69 Å². The molecule has 0 aliphatic rings. The number of nitrogens with zero attached hydrogens (tertiary/aromatic N) is 2. The molecule has 4 aromatic rings. The van der Waals surface area contributed by atoms with E-state index < -0.39 is 17.9 Å². The van der Waals surface area contributed by atoms with Gasteiger partial charge in [0.25, 0.3) is 0 Å². The first-order valence-electron chi connectivity index (χ1n) is 9.41. The van der Waals surface area contributed by atoms with E-state index in [1.165, 1.54) is 16.8 Å².